The molecule has 0 bridgehead atoms. The molecule has 0 spiro atoms. The summed E-state index contributed by atoms with van der Waals surface area (Å²) in [4.78, 5) is 14.3. The maximum atomic E-state index is 12.4. The number of carbonyl (C=O) groups is 1. The van der Waals surface area contributed by atoms with Crippen LogP contribution in [0.4, 0.5) is 0 Å². The first kappa shape index (κ1) is 18.1. The highest BCUT2D eigenvalue weighted by molar-refractivity contribution is 5.78. The van der Waals surface area contributed by atoms with Crippen molar-refractivity contribution in [3.8, 4) is 17.2 Å². The number of phenols is 1. The summed E-state index contributed by atoms with van der Waals surface area (Å²) in [5, 5.41) is 9.71. The molecule has 1 N–H and O–H groups in total. The SMILES string of the molecule is Cc1ccccc1OC[C@H]1CCCN(C(=O)COc2ccccc2O)C1. The Morgan fingerprint density at radius 1 is 1.12 bits per heavy atom. The molecule has 1 heterocycles. The summed E-state index contributed by atoms with van der Waals surface area (Å²) in [7, 11) is 0. The fourth-order valence-corrected chi connectivity index (χ4v) is 3.16. The number of carbonyl (C=O) groups excluding carboxylic acids is 1. The Hall–Kier alpha value is -2.69. The number of amides is 1. The second kappa shape index (κ2) is 8.61. The van der Waals surface area contributed by atoms with Gasteiger partial charge in [0, 0.05) is 19.0 Å². The van der Waals surface area contributed by atoms with Gasteiger partial charge in [-0.3, -0.25) is 4.79 Å². The molecule has 0 radical (unpaired) electrons. The van der Waals surface area contributed by atoms with E-state index in [2.05, 4.69) is 0 Å². The Morgan fingerprint density at radius 3 is 2.62 bits per heavy atom. The van der Waals surface area contributed by atoms with E-state index >= 15 is 0 Å². The average molecular weight is 355 g/mol. The number of aryl methyl sites for hydroxylation is 1. The van der Waals surface area contributed by atoms with E-state index in [1.807, 2.05) is 36.1 Å². The van der Waals surface area contributed by atoms with Gasteiger partial charge in [0.05, 0.1) is 6.61 Å². The predicted octanol–water partition coefficient (Wildman–Crippen LogP) is 3.40. The highest BCUT2D eigenvalue weighted by Crippen LogP contribution is 2.25. The smallest absolute Gasteiger partial charge is 0.260 e. The van der Waals surface area contributed by atoms with Gasteiger partial charge < -0.3 is 19.5 Å². The molecule has 26 heavy (non-hydrogen) atoms. The molecule has 5 nitrogen and oxygen atoms in total. The molecule has 3 rings (SSSR count). The van der Waals surface area contributed by atoms with Crippen LogP contribution in [0.1, 0.15) is 18.4 Å². The zero-order chi connectivity index (χ0) is 18.4. The number of aromatic hydroxyl groups is 1. The fourth-order valence-electron chi connectivity index (χ4n) is 3.16. The average Bonchev–Trinajstić information content (AvgIpc) is 2.67. The molecular formula is C21H25NO4. The van der Waals surface area contributed by atoms with Crippen molar-refractivity contribution < 1.29 is 19.4 Å². The lowest BCUT2D eigenvalue weighted by atomic mass is 9.99. The summed E-state index contributed by atoms with van der Waals surface area (Å²) in [6.07, 6.45) is 2.01. The van der Waals surface area contributed by atoms with Gasteiger partial charge in [0.25, 0.3) is 5.91 Å². The highest BCUT2D eigenvalue weighted by atomic mass is 16.5. The number of nitrogens with zero attached hydrogens (tertiary/aromatic N) is 1. The first-order chi connectivity index (χ1) is 12.6. The molecule has 2 aromatic carbocycles. The van der Waals surface area contributed by atoms with E-state index in [4.69, 9.17) is 9.47 Å². The number of hydrogen-bond donors (Lipinski definition) is 1. The van der Waals surface area contributed by atoms with Crippen molar-refractivity contribution in [2.45, 2.75) is 19.8 Å². The minimum absolute atomic E-state index is 0.0449. The van der Waals surface area contributed by atoms with E-state index in [-0.39, 0.29) is 18.3 Å². The second-order valence-corrected chi connectivity index (χ2v) is 6.68. The van der Waals surface area contributed by atoms with Gasteiger partial charge in [-0.1, -0.05) is 30.3 Å². The number of rotatable bonds is 6. The molecule has 0 saturated carbocycles. The molecule has 0 aromatic heterocycles. The standard InChI is InChI=1S/C21H25NO4/c1-16-7-2-4-10-19(16)25-14-17-8-6-12-22(13-17)21(24)15-26-20-11-5-3-9-18(20)23/h2-5,7,9-11,17,23H,6,8,12-15H2,1H3/t17-/m0/s1. The van der Waals surface area contributed by atoms with Gasteiger partial charge in [-0.15, -0.1) is 0 Å². The quantitative estimate of drug-likeness (QED) is 0.863. The van der Waals surface area contributed by atoms with Gasteiger partial charge in [0.2, 0.25) is 0 Å². The highest BCUT2D eigenvalue weighted by Gasteiger charge is 2.24. The number of benzene rings is 2. The Kier molecular flexibility index (Phi) is 6.00. The van der Waals surface area contributed by atoms with Crippen LogP contribution in [0, 0.1) is 12.8 Å². The third-order valence-electron chi connectivity index (χ3n) is 4.66. The number of phenolic OH excluding ortho intramolecular Hbond substituents is 1. The van der Waals surface area contributed by atoms with Crippen LogP contribution in [-0.4, -0.2) is 42.2 Å². The van der Waals surface area contributed by atoms with Crippen molar-refractivity contribution in [2.75, 3.05) is 26.3 Å². The van der Waals surface area contributed by atoms with Gasteiger partial charge in [-0.25, -0.2) is 0 Å². The zero-order valence-corrected chi connectivity index (χ0v) is 15.1. The van der Waals surface area contributed by atoms with Crippen LogP contribution in [-0.2, 0) is 4.79 Å². The lowest BCUT2D eigenvalue weighted by Crippen LogP contribution is -2.43. The van der Waals surface area contributed by atoms with Crippen molar-refractivity contribution in [1.82, 2.24) is 4.90 Å². The number of hydrogen-bond acceptors (Lipinski definition) is 4. The van der Waals surface area contributed by atoms with Crippen molar-refractivity contribution in [3.05, 3.63) is 54.1 Å². The zero-order valence-electron chi connectivity index (χ0n) is 15.1. The summed E-state index contributed by atoms with van der Waals surface area (Å²) in [5.41, 5.74) is 1.12. The van der Waals surface area contributed by atoms with Gasteiger partial charge in [-0.2, -0.15) is 0 Å². The maximum Gasteiger partial charge on any atom is 0.260 e. The minimum Gasteiger partial charge on any atom is -0.504 e. The fraction of sp³-hybridized carbons (Fsp3) is 0.381. The molecule has 1 fully saturated rings. The van der Waals surface area contributed by atoms with Gasteiger partial charge in [-0.05, 0) is 43.5 Å². The van der Waals surface area contributed by atoms with Crippen LogP contribution in [0.15, 0.2) is 48.5 Å². The van der Waals surface area contributed by atoms with Gasteiger partial charge in [0.1, 0.15) is 5.75 Å². The van der Waals surface area contributed by atoms with Crippen LogP contribution >= 0.6 is 0 Å². The predicted molar refractivity (Wildman–Crippen MR) is 99.6 cm³/mol. The first-order valence-corrected chi connectivity index (χ1v) is 9.00. The van der Waals surface area contributed by atoms with E-state index < -0.39 is 0 Å². The third-order valence-corrected chi connectivity index (χ3v) is 4.66. The molecule has 1 atom stereocenters. The van der Waals surface area contributed by atoms with Crippen molar-refractivity contribution in [3.63, 3.8) is 0 Å². The summed E-state index contributed by atoms with van der Waals surface area (Å²) < 4.78 is 11.4. The maximum absolute atomic E-state index is 12.4. The summed E-state index contributed by atoms with van der Waals surface area (Å²) >= 11 is 0. The largest absolute Gasteiger partial charge is 0.504 e. The van der Waals surface area contributed by atoms with E-state index in [9.17, 15) is 9.90 Å². The van der Waals surface area contributed by atoms with Crippen LogP contribution in [0.5, 0.6) is 17.2 Å². The Bertz CT molecular complexity index is 746. The van der Waals surface area contributed by atoms with Crippen LogP contribution in [0.3, 0.4) is 0 Å². The number of ether oxygens (including phenoxy) is 2. The van der Waals surface area contributed by atoms with Crippen LogP contribution in [0.2, 0.25) is 0 Å². The monoisotopic (exact) mass is 355 g/mol. The normalized spacial score (nSPS) is 17.0. The molecule has 0 aliphatic carbocycles. The van der Waals surface area contributed by atoms with E-state index in [0.29, 0.717) is 24.8 Å². The topological polar surface area (TPSA) is 59.0 Å². The number of para-hydroxylation sites is 3. The molecular weight excluding hydrogens is 330 g/mol. The molecule has 5 heteroatoms. The lowest BCUT2D eigenvalue weighted by molar-refractivity contribution is -0.135. The van der Waals surface area contributed by atoms with E-state index in [1.165, 1.54) is 0 Å². The summed E-state index contributed by atoms with van der Waals surface area (Å²) in [5.74, 6) is 1.53. The Labute approximate surface area is 154 Å². The summed E-state index contributed by atoms with van der Waals surface area (Å²) in [6, 6.07) is 14.6. The molecule has 1 aliphatic heterocycles. The minimum atomic E-state index is -0.0665. The van der Waals surface area contributed by atoms with Crippen molar-refractivity contribution in [2.24, 2.45) is 5.92 Å². The first-order valence-electron chi connectivity index (χ1n) is 9.00. The Balaban J connectivity index is 1.49. The number of likely N-dealkylation sites (tertiary alicyclic amines) is 1. The number of piperidine rings is 1. The van der Waals surface area contributed by atoms with Crippen LogP contribution < -0.4 is 9.47 Å². The lowest BCUT2D eigenvalue weighted by Gasteiger charge is -2.32. The molecule has 138 valence electrons. The van der Waals surface area contributed by atoms with E-state index in [1.54, 1.807) is 24.3 Å². The summed E-state index contributed by atoms with van der Waals surface area (Å²) in [6.45, 7) is 3.99. The van der Waals surface area contributed by atoms with E-state index in [0.717, 1.165) is 30.7 Å². The molecule has 1 amide bonds. The second-order valence-electron chi connectivity index (χ2n) is 6.68. The van der Waals surface area contributed by atoms with Crippen molar-refractivity contribution in [1.29, 1.82) is 0 Å². The van der Waals surface area contributed by atoms with Crippen molar-refractivity contribution >= 4 is 5.91 Å². The van der Waals surface area contributed by atoms with Gasteiger partial charge in [0.15, 0.2) is 18.1 Å². The van der Waals surface area contributed by atoms with Crippen LogP contribution in [0.25, 0.3) is 0 Å². The Morgan fingerprint density at radius 2 is 1.85 bits per heavy atom. The van der Waals surface area contributed by atoms with Gasteiger partial charge >= 0.3 is 0 Å². The molecule has 1 saturated heterocycles. The molecule has 0 unspecified atom stereocenters. The molecule has 1 aliphatic rings. The molecule has 2 aromatic rings. The third kappa shape index (κ3) is 4.69.